The van der Waals surface area contributed by atoms with Crippen LogP contribution in [-0.4, -0.2) is 23.6 Å². The van der Waals surface area contributed by atoms with Crippen LogP contribution >= 0.6 is 11.5 Å². The third-order valence-corrected chi connectivity index (χ3v) is 2.87. The number of nitrogens with one attached hydrogen (secondary N) is 1. The van der Waals surface area contributed by atoms with Crippen LogP contribution in [0.5, 0.6) is 0 Å². The molecular weight excluding hydrogens is 210 g/mol. The van der Waals surface area contributed by atoms with Crippen molar-refractivity contribution in [1.82, 2.24) is 4.37 Å². The second-order valence-corrected chi connectivity index (χ2v) is 4.00. The molecule has 1 aromatic heterocycles. The summed E-state index contributed by atoms with van der Waals surface area (Å²) in [6, 6.07) is 2.14. The van der Waals surface area contributed by atoms with Gasteiger partial charge in [0.05, 0.1) is 11.8 Å². The lowest BCUT2D eigenvalue weighted by Crippen LogP contribution is -2.19. The van der Waals surface area contributed by atoms with Crippen molar-refractivity contribution in [2.45, 2.75) is 26.9 Å². The molecule has 1 atom stereocenters. The van der Waals surface area contributed by atoms with Crippen molar-refractivity contribution >= 4 is 16.5 Å². The van der Waals surface area contributed by atoms with Crippen LogP contribution < -0.4 is 5.32 Å². The Labute approximate surface area is 94.0 Å². The number of nitriles is 1. The van der Waals surface area contributed by atoms with Crippen molar-refractivity contribution < 1.29 is 4.74 Å². The van der Waals surface area contributed by atoms with Gasteiger partial charge in [-0.3, -0.25) is 0 Å². The molecular formula is C10H15N3OS. The third-order valence-electron chi connectivity index (χ3n) is 1.98. The molecule has 1 N–H and O–H groups in total. The topological polar surface area (TPSA) is 57.9 Å². The maximum atomic E-state index is 8.90. The molecule has 0 aromatic carbocycles. The summed E-state index contributed by atoms with van der Waals surface area (Å²) in [6.07, 6.45) is 0.143. The van der Waals surface area contributed by atoms with Crippen molar-refractivity contribution in [3.05, 3.63) is 11.3 Å². The van der Waals surface area contributed by atoms with Gasteiger partial charge in [0.25, 0.3) is 0 Å². The summed E-state index contributed by atoms with van der Waals surface area (Å²) in [7, 11) is 0. The SMILES string of the molecule is CCOC(C)CNc1snc(C)c1C#N. The Kier molecular flexibility index (Phi) is 4.53. The fourth-order valence-electron chi connectivity index (χ4n) is 1.20. The van der Waals surface area contributed by atoms with E-state index in [0.29, 0.717) is 18.7 Å². The summed E-state index contributed by atoms with van der Waals surface area (Å²) in [5, 5.41) is 12.9. The molecule has 15 heavy (non-hydrogen) atoms. The fourth-order valence-corrected chi connectivity index (χ4v) is 1.95. The quantitative estimate of drug-likeness (QED) is 0.834. The molecule has 0 aliphatic rings. The molecule has 0 bridgehead atoms. The van der Waals surface area contributed by atoms with E-state index < -0.39 is 0 Å². The van der Waals surface area contributed by atoms with Crippen LogP contribution in [0.2, 0.25) is 0 Å². The third kappa shape index (κ3) is 3.18. The monoisotopic (exact) mass is 225 g/mol. The van der Waals surface area contributed by atoms with Crippen molar-refractivity contribution in [3.8, 4) is 6.07 Å². The first-order valence-electron chi connectivity index (χ1n) is 4.90. The first-order chi connectivity index (χ1) is 7.19. The van der Waals surface area contributed by atoms with Crippen LogP contribution in [0.1, 0.15) is 25.1 Å². The summed E-state index contributed by atoms with van der Waals surface area (Å²) in [5.74, 6) is 0. The highest BCUT2D eigenvalue weighted by molar-refractivity contribution is 7.10. The molecule has 0 saturated carbocycles. The zero-order valence-electron chi connectivity index (χ0n) is 9.20. The molecule has 0 amide bonds. The molecule has 1 aromatic rings. The van der Waals surface area contributed by atoms with Gasteiger partial charge in [0, 0.05) is 13.2 Å². The molecule has 1 rings (SSSR count). The Morgan fingerprint density at radius 1 is 1.67 bits per heavy atom. The van der Waals surface area contributed by atoms with Gasteiger partial charge in [-0.2, -0.15) is 9.64 Å². The fraction of sp³-hybridized carbons (Fsp3) is 0.600. The van der Waals surface area contributed by atoms with Gasteiger partial charge in [0.1, 0.15) is 16.6 Å². The summed E-state index contributed by atoms with van der Waals surface area (Å²) >= 11 is 1.32. The molecule has 4 nitrogen and oxygen atoms in total. The molecule has 1 unspecified atom stereocenters. The van der Waals surface area contributed by atoms with Crippen molar-refractivity contribution in [1.29, 1.82) is 5.26 Å². The van der Waals surface area contributed by atoms with E-state index in [1.165, 1.54) is 11.5 Å². The number of aromatic nitrogens is 1. The van der Waals surface area contributed by atoms with E-state index in [0.717, 1.165) is 10.7 Å². The van der Waals surface area contributed by atoms with Gasteiger partial charge in [-0.05, 0) is 32.3 Å². The van der Waals surface area contributed by atoms with Gasteiger partial charge < -0.3 is 10.1 Å². The Bertz CT molecular complexity index is 356. The second kappa shape index (κ2) is 5.69. The van der Waals surface area contributed by atoms with Crippen LogP contribution in [0.15, 0.2) is 0 Å². The van der Waals surface area contributed by atoms with Gasteiger partial charge in [-0.15, -0.1) is 0 Å². The number of hydrogen-bond acceptors (Lipinski definition) is 5. The molecule has 0 aliphatic heterocycles. The first kappa shape index (κ1) is 12.0. The van der Waals surface area contributed by atoms with Gasteiger partial charge in [-0.1, -0.05) is 0 Å². The van der Waals surface area contributed by atoms with E-state index in [9.17, 15) is 0 Å². The average molecular weight is 225 g/mol. The molecule has 5 heteroatoms. The van der Waals surface area contributed by atoms with Crippen molar-refractivity contribution in [2.24, 2.45) is 0 Å². The molecule has 0 radical (unpaired) electrons. The van der Waals surface area contributed by atoms with Gasteiger partial charge in [-0.25, -0.2) is 0 Å². The number of hydrogen-bond donors (Lipinski definition) is 1. The molecule has 82 valence electrons. The standard InChI is InChI=1S/C10H15N3OS/c1-4-14-7(2)6-12-10-9(5-11)8(3)13-15-10/h7,12H,4,6H2,1-3H3. The van der Waals surface area contributed by atoms with Gasteiger partial charge in [0.15, 0.2) is 0 Å². The van der Waals surface area contributed by atoms with Crippen LogP contribution in [-0.2, 0) is 4.74 Å². The minimum Gasteiger partial charge on any atom is -0.377 e. The summed E-state index contributed by atoms with van der Waals surface area (Å²) in [4.78, 5) is 0. The number of anilines is 1. The summed E-state index contributed by atoms with van der Waals surface area (Å²) in [5.41, 5.74) is 1.43. The van der Waals surface area contributed by atoms with E-state index in [2.05, 4.69) is 15.8 Å². The molecule has 0 saturated heterocycles. The Morgan fingerprint density at radius 3 is 3.00 bits per heavy atom. The number of rotatable bonds is 5. The highest BCUT2D eigenvalue weighted by Gasteiger charge is 2.10. The number of aryl methyl sites for hydroxylation is 1. The largest absolute Gasteiger partial charge is 0.377 e. The number of nitrogens with zero attached hydrogens (tertiary/aromatic N) is 2. The van der Waals surface area contributed by atoms with E-state index in [-0.39, 0.29) is 6.10 Å². The maximum absolute atomic E-state index is 8.90. The number of ether oxygens (including phenoxy) is 1. The van der Waals surface area contributed by atoms with E-state index in [1.807, 2.05) is 20.8 Å². The Balaban J connectivity index is 2.54. The predicted octanol–water partition coefficient (Wildman–Crippen LogP) is 2.16. The van der Waals surface area contributed by atoms with Gasteiger partial charge in [0.2, 0.25) is 0 Å². The van der Waals surface area contributed by atoms with E-state index in [1.54, 1.807) is 0 Å². The minimum atomic E-state index is 0.143. The lowest BCUT2D eigenvalue weighted by Gasteiger charge is -2.12. The van der Waals surface area contributed by atoms with Crippen LogP contribution in [0, 0.1) is 18.3 Å². The van der Waals surface area contributed by atoms with Crippen molar-refractivity contribution in [2.75, 3.05) is 18.5 Å². The van der Waals surface area contributed by atoms with E-state index in [4.69, 9.17) is 10.00 Å². The smallest absolute Gasteiger partial charge is 0.127 e. The predicted molar refractivity (Wildman–Crippen MR) is 61.1 cm³/mol. The lowest BCUT2D eigenvalue weighted by atomic mass is 10.3. The molecule has 0 spiro atoms. The Hall–Kier alpha value is -1.12. The minimum absolute atomic E-state index is 0.143. The zero-order valence-corrected chi connectivity index (χ0v) is 10.0. The second-order valence-electron chi connectivity index (χ2n) is 3.23. The summed E-state index contributed by atoms with van der Waals surface area (Å²) < 4.78 is 9.51. The zero-order chi connectivity index (χ0) is 11.3. The molecule has 0 aliphatic carbocycles. The maximum Gasteiger partial charge on any atom is 0.127 e. The van der Waals surface area contributed by atoms with Crippen LogP contribution in [0.4, 0.5) is 5.00 Å². The van der Waals surface area contributed by atoms with E-state index >= 15 is 0 Å². The highest BCUT2D eigenvalue weighted by atomic mass is 32.1. The van der Waals surface area contributed by atoms with Crippen molar-refractivity contribution in [3.63, 3.8) is 0 Å². The first-order valence-corrected chi connectivity index (χ1v) is 5.68. The highest BCUT2D eigenvalue weighted by Crippen LogP contribution is 2.23. The van der Waals surface area contributed by atoms with Crippen LogP contribution in [0.3, 0.4) is 0 Å². The lowest BCUT2D eigenvalue weighted by molar-refractivity contribution is 0.0856. The molecule has 1 heterocycles. The Morgan fingerprint density at radius 2 is 2.40 bits per heavy atom. The molecule has 0 fully saturated rings. The normalized spacial score (nSPS) is 12.1. The van der Waals surface area contributed by atoms with Gasteiger partial charge >= 0.3 is 0 Å². The average Bonchev–Trinajstić information content (AvgIpc) is 2.56. The van der Waals surface area contributed by atoms with Crippen LogP contribution in [0.25, 0.3) is 0 Å². The summed E-state index contributed by atoms with van der Waals surface area (Å²) in [6.45, 7) is 7.20.